The van der Waals surface area contributed by atoms with E-state index in [4.69, 9.17) is 16.3 Å². The minimum absolute atomic E-state index is 0.200. The van der Waals surface area contributed by atoms with Crippen LogP contribution in [-0.4, -0.2) is 35.1 Å². The highest BCUT2D eigenvalue weighted by molar-refractivity contribution is 6.83. The van der Waals surface area contributed by atoms with Crippen molar-refractivity contribution in [2.45, 2.75) is 19.8 Å². The number of allylic oxidation sites excluding steroid dienone is 1. The summed E-state index contributed by atoms with van der Waals surface area (Å²) in [6, 6.07) is 13.2. The molecule has 0 saturated heterocycles. The Balaban J connectivity index is 2.12. The maximum atomic E-state index is 12.7. The van der Waals surface area contributed by atoms with Crippen molar-refractivity contribution in [2.24, 2.45) is 0 Å². The number of hydrogen-bond donors (Lipinski definition) is 0. The van der Waals surface area contributed by atoms with Crippen molar-refractivity contribution in [3.63, 3.8) is 0 Å². The third-order valence-electron chi connectivity index (χ3n) is 4.89. The van der Waals surface area contributed by atoms with Crippen LogP contribution in [0.25, 0.3) is 11.6 Å². The molecule has 0 bridgehead atoms. The molecule has 0 unspecified atom stereocenters. The molecule has 0 N–H and O–H groups in total. The highest BCUT2D eigenvalue weighted by atomic mass is 35.5. The average Bonchev–Trinajstić information content (AvgIpc) is 3.11. The SMILES string of the molecule is CCc1c(C(=O)C(=O)Cl)c2c(OCC(=O)OC)cccn2c1C/C=C/c1ccccc1. The minimum Gasteiger partial charge on any atom is -0.480 e. The van der Waals surface area contributed by atoms with Gasteiger partial charge in [0.15, 0.2) is 6.61 Å². The van der Waals surface area contributed by atoms with Crippen molar-refractivity contribution in [1.82, 2.24) is 4.40 Å². The monoisotopic (exact) mass is 439 g/mol. The lowest BCUT2D eigenvalue weighted by Gasteiger charge is -2.09. The zero-order valence-corrected chi connectivity index (χ0v) is 18.0. The van der Waals surface area contributed by atoms with E-state index in [1.807, 2.05) is 53.8 Å². The number of carbonyl (C=O) groups is 3. The summed E-state index contributed by atoms with van der Waals surface area (Å²) < 4.78 is 12.0. The van der Waals surface area contributed by atoms with E-state index in [0.29, 0.717) is 29.7 Å². The Labute approximate surface area is 185 Å². The Morgan fingerprint density at radius 1 is 1.10 bits per heavy atom. The first-order valence-corrected chi connectivity index (χ1v) is 10.2. The molecular formula is C24H22ClNO5. The number of esters is 1. The van der Waals surface area contributed by atoms with Crippen LogP contribution in [0, 0.1) is 0 Å². The number of ether oxygens (including phenoxy) is 2. The first-order chi connectivity index (χ1) is 15.0. The van der Waals surface area contributed by atoms with Crippen LogP contribution in [0.15, 0.2) is 54.7 Å². The van der Waals surface area contributed by atoms with Gasteiger partial charge in [-0.15, -0.1) is 0 Å². The topological polar surface area (TPSA) is 74.1 Å². The Morgan fingerprint density at radius 2 is 1.84 bits per heavy atom. The van der Waals surface area contributed by atoms with Gasteiger partial charge in [-0.3, -0.25) is 9.59 Å². The Hall–Kier alpha value is -3.38. The largest absolute Gasteiger partial charge is 0.480 e. The van der Waals surface area contributed by atoms with Gasteiger partial charge in [0.05, 0.1) is 18.2 Å². The lowest BCUT2D eigenvalue weighted by molar-refractivity contribution is -0.142. The molecule has 1 aromatic carbocycles. The molecule has 3 aromatic rings. The third kappa shape index (κ3) is 4.86. The molecule has 31 heavy (non-hydrogen) atoms. The summed E-state index contributed by atoms with van der Waals surface area (Å²) in [5, 5.41) is -1.07. The van der Waals surface area contributed by atoms with Crippen molar-refractivity contribution < 1.29 is 23.9 Å². The van der Waals surface area contributed by atoms with Crippen LogP contribution >= 0.6 is 11.6 Å². The van der Waals surface area contributed by atoms with Gasteiger partial charge in [0.2, 0.25) is 5.78 Å². The van der Waals surface area contributed by atoms with Gasteiger partial charge in [-0.2, -0.15) is 0 Å². The number of pyridine rings is 1. The molecule has 3 rings (SSSR count). The van der Waals surface area contributed by atoms with Gasteiger partial charge in [-0.1, -0.05) is 49.4 Å². The number of fused-ring (bicyclic) bond motifs is 1. The van der Waals surface area contributed by atoms with Gasteiger partial charge in [0.25, 0.3) is 5.24 Å². The zero-order chi connectivity index (χ0) is 22.4. The maximum Gasteiger partial charge on any atom is 0.343 e. The smallest absolute Gasteiger partial charge is 0.343 e. The maximum absolute atomic E-state index is 12.7. The molecule has 2 aromatic heterocycles. The average molecular weight is 440 g/mol. The quantitative estimate of drug-likeness (QED) is 0.215. The molecule has 0 aliphatic carbocycles. The molecular weight excluding hydrogens is 418 g/mol. The van der Waals surface area contributed by atoms with Crippen LogP contribution in [0.5, 0.6) is 5.75 Å². The molecule has 0 aliphatic rings. The summed E-state index contributed by atoms with van der Waals surface area (Å²) >= 11 is 5.56. The molecule has 0 spiro atoms. The normalized spacial score (nSPS) is 11.1. The lowest BCUT2D eigenvalue weighted by atomic mass is 10.0. The number of nitrogens with zero attached hydrogens (tertiary/aromatic N) is 1. The van der Waals surface area contributed by atoms with Gasteiger partial charge in [0, 0.05) is 18.3 Å². The van der Waals surface area contributed by atoms with E-state index in [9.17, 15) is 14.4 Å². The predicted molar refractivity (Wildman–Crippen MR) is 119 cm³/mol. The second-order valence-corrected chi connectivity index (χ2v) is 7.07. The van der Waals surface area contributed by atoms with Gasteiger partial charge in [-0.05, 0) is 41.3 Å². The van der Waals surface area contributed by atoms with E-state index in [2.05, 4.69) is 4.74 Å². The summed E-state index contributed by atoms with van der Waals surface area (Å²) in [7, 11) is 1.26. The molecule has 0 fully saturated rings. The highest BCUT2D eigenvalue weighted by Crippen LogP contribution is 2.33. The summed E-state index contributed by atoms with van der Waals surface area (Å²) in [6.07, 6.45) is 6.81. The molecule has 0 amide bonds. The van der Waals surface area contributed by atoms with Crippen LogP contribution in [-0.2, 0) is 27.2 Å². The number of carbonyl (C=O) groups excluding carboxylic acids is 3. The summed E-state index contributed by atoms with van der Waals surface area (Å²) in [6.45, 7) is 1.58. The van der Waals surface area contributed by atoms with E-state index in [-0.39, 0.29) is 12.2 Å². The predicted octanol–water partition coefficient (Wildman–Crippen LogP) is 4.26. The van der Waals surface area contributed by atoms with Gasteiger partial charge in [-0.25, -0.2) is 4.79 Å². The van der Waals surface area contributed by atoms with Crippen LogP contribution in [0.4, 0.5) is 0 Å². The van der Waals surface area contributed by atoms with E-state index < -0.39 is 17.0 Å². The summed E-state index contributed by atoms with van der Waals surface area (Å²) in [5.41, 5.74) is 3.22. The van der Waals surface area contributed by atoms with Crippen LogP contribution in [0.3, 0.4) is 0 Å². The second kappa shape index (κ2) is 10.1. The van der Waals surface area contributed by atoms with Crippen molar-refractivity contribution in [2.75, 3.05) is 13.7 Å². The molecule has 0 radical (unpaired) electrons. The van der Waals surface area contributed by atoms with Gasteiger partial charge >= 0.3 is 5.97 Å². The zero-order valence-electron chi connectivity index (χ0n) is 17.3. The Bertz CT molecular complexity index is 1150. The van der Waals surface area contributed by atoms with Crippen molar-refractivity contribution >= 4 is 40.2 Å². The van der Waals surface area contributed by atoms with E-state index in [0.717, 1.165) is 11.3 Å². The van der Waals surface area contributed by atoms with Crippen molar-refractivity contribution in [1.29, 1.82) is 0 Å². The minimum atomic E-state index is -1.07. The van der Waals surface area contributed by atoms with Crippen LogP contribution in [0.1, 0.15) is 34.1 Å². The first-order valence-electron chi connectivity index (χ1n) is 9.78. The highest BCUT2D eigenvalue weighted by Gasteiger charge is 2.27. The molecule has 0 aliphatic heterocycles. The summed E-state index contributed by atoms with van der Waals surface area (Å²) in [5.74, 6) is -1.07. The van der Waals surface area contributed by atoms with Crippen molar-refractivity contribution in [3.05, 3.63) is 77.1 Å². The number of benzene rings is 1. The second-order valence-electron chi connectivity index (χ2n) is 6.73. The number of ketones is 1. The fraction of sp³-hybridized carbons (Fsp3) is 0.208. The molecule has 7 heteroatoms. The van der Waals surface area contributed by atoms with Crippen LogP contribution in [0.2, 0.25) is 0 Å². The van der Waals surface area contributed by atoms with Crippen molar-refractivity contribution in [3.8, 4) is 5.75 Å². The third-order valence-corrected chi connectivity index (χ3v) is 5.06. The fourth-order valence-corrected chi connectivity index (χ4v) is 3.61. The number of methoxy groups -OCH3 is 1. The number of aromatic nitrogens is 1. The lowest BCUT2D eigenvalue weighted by Crippen LogP contribution is -2.14. The van der Waals surface area contributed by atoms with E-state index in [1.165, 1.54) is 7.11 Å². The number of halogens is 1. The number of Topliss-reactive ketones (excluding diaryl/α,β-unsaturated/α-hetero) is 1. The van der Waals surface area contributed by atoms with Crippen LogP contribution < -0.4 is 4.74 Å². The van der Waals surface area contributed by atoms with E-state index >= 15 is 0 Å². The number of hydrogen-bond acceptors (Lipinski definition) is 5. The number of rotatable bonds is 9. The molecule has 0 saturated carbocycles. The van der Waals surface area contributed by atoms with Gasteiger partial charge < -0.3 is 13.9 Å². The fourth-order valence-electron chi connectivity index (χ4n) is 3.52. The Kier molecular flexibility index (Phi) is 7.26. The van der Waals surface area contributed by atoms with E-state index in [1.54, 1.807) is 18.3 Å². The standard InChI is InChI=1S/C24H22ClNO5/c1-3-17-18(12-7-11-16-9-5-4-6-10-16)26-14-8-13-19(31-15-20(27)30-2)22(26)21(17)23(28)24(25)29/h4-11,13-14H,3,12,15H2,1-2H3/b11-7+. The molecule has 0 atom stereocenters. The molecule has 2 heterocycles. The Morgan fingerprint density at radius 3 is 2.48 bits per heavy atom. The molecule has 6 nitrogen and oxygen atoms in total. The first kappa shape index (κ1) is 22.3. The summed E-state index contributed by atoms with van der Waals surface area (Å²) in [4.78, 5) is 36.0. The molecule has 160 valence electrons. The van der Waals surface area contributed by atoms with Gasteiger partial charge in [0.1, 0.15) is 5.75 Å².